The van der Waals surface area contributed by atoms with Crippen molar-refractivity contribution in [2.24, 2.45) is 0 Å². The average Bonchev–Trinajstić information content (AvgIpc) is 3.07. The number of hydrogen-bond acceptors (Lipinski definition) is 3. The fraction of sp³-hybridized carbons (Fsp3) is 0.438. The summed E-state index contributed by atoms with van der Waals surface area (Å²) in [6.07, 6.45) is 8.45. The van der Waals surface area contributed by atoms with E-state index in [1.807, 2.05) is 36.9 Å². The molecule has 0 saturated heterocycles. The molecule has 0 radical (unpaired) electrons. The minimum absolute atomic E-state index is 0.268. The minimum Gasteiger partial charge on any atom is -0.308 e. The molecule has 0 unspecified atom stereocenters. The summed E-state index contributed by atoms with van der Waals surface area (Å²) in [6.45, 7) is 3.81. The monoisotopic (exact) mass is 299 g/mol. The van der Waals surface area contributed by atoms with Crippen LogP contribution in [0, 0.1) is 13.8 Å². The third-order valence-corrected chi connectivity index (χ3v) is 3.90. The lowest BCUT2D eigenvalue weighted by Crippen LogP contribution is -2.19. The average molecular weight is 299 g/mol. The van der Waals surface area contributed by atoms with Crippen molar-refractivity contribution in [3.8, 4) is 0 Å². The van der Waals surface area contributed by atoms with Gasteiger partial charge in [0.15, 0.2) is 0 Å². The van der Waals surface area contributed by atoms with Crippen molar-refractivity contribution < 1.29 is 4.79 Å². The van der Waals surface area contributed by atoms with Gasteiger partial charge in [-0.3, -0.25) is 9.67 Å². The fourth-order valence-corrected chi connectivity index (χ4v) is 2.97. The maximum absolute atomic E-state index is 12.1. The van der Waals surface area contributed by atoms with Crippen LogP contribution in [0.15, 0.2) is 24.5 Å². The van der Waals surface area contributed by atoms with E-state index in [2.05, 4.69) is 20.7 Å². The first-order valence-corrected chi connectivity index (χ1v) is 7.67. The first-order valence-electron chi connectivity index (χ1n) is 7.67. The van der Waals surface area contributed by atoms with Crippen LogP contribution in [0.3, 0.4) is 0 Å². The van der Waals surface area contributed by atoms with Gasteiger partial charge in [0.25, 0.3) is 0 Å². The Morgan fingerprint density at radius 1 is 1.14 bits per heavy atom. The van der Waals surface area contributed by atoms with E-state index in [9.17, 15) is 4.79 Å². The Morgan fingerprint density at radius 3 is 2.45 bits per heavy atom. The fourth-order valence-electron chi connectivity index (χ4n) is 2.97. The molecular weight excluding hydrogens is 278 g/mol. The van der Waals surface area contributed by atoms with E-state index >= 15 is 0 Å². The number of carbonyl (C=O) groups is 1. The van der Waals surface area contributed by atoms with Gasteiger partial charge in [-0.25, -0.2) is 4.79 Å². The van der Waals surface area contributed by atoms with Crippen LogP contribution in [0.2, 0.25) is 0 Å². The van der Waals surface area contributed by atoms with Gasteiger partial charge in [0.1, 0.15) is 0 Å². The predicted molar refractivity (Wildman–Crippen MR) is 86.1 cm³/mol. The summed E-state index contributed by atoms with van der Waals surface area (Å²) in [5.41, 5.74) is 3.21. The van der Waals surface area contributed by atoms with Crippen LogP contribution in [0.1, 0.15) is 43.1 Å². The third kappa shape index (κ3) is 3.44. The normalized spacial score (nSPS) is 15.0. The smallest absolute Gasteiger partial charge is 0.308 e. The van der Waals surface area contributed by atoms with E-state index < -0.39 is 0 Å². The van der Waals surface area contributed by atoms with E-state index in [-0.39, 0.29) is 6.03 Å². The second-order valence-corrected chi connectivity index (χ2v) is 5.87. The van der Waals surface area contributed by atoms with Gasteiger partial charge in [0, 0.05) is 23.3 Å². The van der Waals surface area contributed by atoms with Crippen molar-refractivity contribution in [3.63, 3.8) is 0 Å². The Labute approximate surface area is 129 Å². The van der Waals surface area contributed by atoms with Gasteiger partial charge in [-0.15, -0.1) is 0 Å². The maximum atomic E-state index is 12.1. The molecule has 2 N–H and O–H groups in total. The van der Waals surface area contributed by atoms with Crippen LogP contribution in [0.25, 0.3) is 0 Å². The zero-order valence-electron chi connectivity index (χ0n) is 13.0. The molecule has 2 amide bonds. The summed E-state index contributed by atoms with van der Waals surface area (Å²) in [7, 11) is 0. The number of rotatable bonds is 3. The van der Waals surface area contributed by atoms with Crippen LogP contribution >= 0.6 is 0 Å². The molecule has 116 valence electrons. The van der Waals surface area contributed by atoms with E-state index in [1.165, 1.54) is 25.7 Å². The topological polar surface area (TPSA) is 71.8 Å². The summed E-state index contributed by atoms with van der Waals surface area (Å²) in [4.78, 5) is 16.3. The Hall–Kier alpha value is -2.37. The molecule has 0 spiro atoms. The first-order chi connectivity index (χ1) is 10.6. The van der Waals surface area contributed by atoms with Crippen LogP contribution in [0.4, 0.5) is 16.2 Å². The molecule has 2 aromatic heterocycles. The highest BCUT2D eigenvalue weighted by atomic mass is 16.2. The number of nitrogens with one attached hydrogen (secondary N) is 2. The number of amides is 2. The van der Waals surface area contributed by atoms with Crippen molar-refractivity contribution in [3.05, 3.63) is 35.9 Å². The number of urea groups is 1. The summed E-state index contributed by atoms with van der Waals surface area (Å²) < 4.78 is 1.96. The highest BCUT2D eigenvalue weighted by Gasteiger charge is 2.17. The van der Waals surface area contributed by atoms with Gasteiger partial charge in [0.2, 0.25) is 0 Å². The van der Waals surface area contributed by atoms with Gasteiger partial charge in [-0.1, -0.05) is 12.8 Å². The van der Waals surface area contributed by atoms with Gasteiger partial charge < -0.3 is 10.6 Å². The maximum Gasteiger partial charge on any atom is 0.323 e. The van der Waals surface area contributed by atoms with E-state index in [1.54, 1.807) is 6.20 Å². The number of aromatic nitrogens is 3. The third-order valence-electron chi connectivity index (χ3n) is 3.90. The standard InChI is InChI=1S/C16H21N5O/c1-11-7-13(8-12(2)18-11)19-16(22)20-14-9-17-21(10-14)15-5-3-4-6-15/h7-10,15H,3-6H2,1-2H3,(H2,18,19,20,22). The molecule has 6 heteroatoms. The Kier molecular flexibility index (Phi) is 4.09. The highest BCUT2D eigenvalue weighted by molar-refractivity contribution is 5.99. The summed E-state index contributed by atoms with van der Waals surface area (Å²) >= 11 is 0. The molecule has 2 aromatic rings. The molecule has 0 atom stereocenters. The second-order valence-electron chi connectivity index (χ2n) is 5.87. The molecule has 1 saturated carbocycles. The van der Waals surface area contributed by atoms with Crippen molar-refractivity contribution in [2.45, 2.75) is 45.6 Å². The molecule has 2 heterocycles. The highest BCUT2D eigenvalue weighted by Crippen LogP contribution is 2.29. The molecule has 22 heavy (non-hydrogen) atoms. The van der Waals surface area contributed by atoms with Crippen LogP contribution in [-0.4, -0.2) is 20.8 Å². The van der Waals surface area contributed by atoms with E-state index in [0.717, 1.165) is 17.1 Å². The Bertz CT molecular complexity index is 653. The van der Waals surface area contributed by atoms with Crippen LogP contribution in [0.5, 0.6) is 0 Å². The Morgan fingerprint density at radius 2 is 1.77 bits per heavy atom. The lowest BCUT2D eigenvalue weighted by Gasteiger charge is -2.09. The molecule has 6 nitrogen and oxygen atoms in total. The number of aryl methyl sites for hydroxylation is 2. The number of pyridine rings is 1. The lowest BCUT2D eigenvalue weighted by molar-refractivity contribution is 0.262. The van der Waals surface area contributed by atoms with Crippen molar-refractivity contribution in [1.29, 1.82) is 0 Å². The summed E-state index contributed by atoms with van der Waals surface area (Å²) in [5, 5.41) is 9.99. The number of anilines is 2. The van der Waals surface area contributed by atoms with Gasteiger partial charge in [-0.2, -0.15) is 5.10 Å². The SMILES string of the molecule is Cc1cc(NC(=O)Nc2cnn(C3CCCC3)c2)cc(C)n1. The molecule has 1 fully saturated rings. The Balaban J connectivity index is 1.61. The van der Waals surface area contributed by atoms with Crippen molar-refractivity contribution in [2.75, 3.05) is 10.6 Å². The molecule has 0 aliphatic heterocycles. The van der Waals surface area contributed by atoms with E-state index in [4.69, 9.17) is 0 Å². The number of carbonyl (C=O) groups excluding carboxylic acids is 1. The first kappa shape index (κ1) is 14.6. The zero-order valence-corrected chi connectivity index (χ0v) is 13.0. The molecule has 0 aromatic carbocycles. The number of nitrogens with zero attached hydrogens (tertiary/aromatic N) is 3. The number of hydrogen-bond donors (Lipinski definition) is 2. The molecular formula is C16H21N5O. The van der Waals surface area contributed by atoms with Crippen molar-refractivity contribution >= 4 is 17.4 Å². The largest absolute Gasteiger partial charge is 0.323 e. The van der Waals surface area contributed by atoms with Crippen LogP contribution in [-0.2, 0) is 0 Å². The molecule has 0 bridgehead atoms. The predicted octanol–water partition coefficient (Wildman–Crippen LogP) is 3.65. The summed E-state index contributed by atoms with van der Waals surface area (Å²) in [5.74, 6) is 0. The molecule has 1 aliphatic carbocycles. The van der Waals surface area contributed by atoms with Gasteiger partial charge >= 0.3 is 6.03 Å². The van der Waals surface area contributed by atoms with Gasteiger partial charge in [-0.05, 0) is 38.8 Å². The minimum atomic E-state index is -0.268. The molecule has 1 aliphatic rings. The van der Waals surface area contributed by atoms with Crippen molar-refractivity contribution in [1.82, 2.24) is 14.8 Å². The van der Waals surface area contributed by atoms with Gasteiger partial charge in [0.05, 0.1) is 17.9 Å². The molecule has 3 rings (SSSR count). The van der Waals surface area contributed by atoms with Crippen LogP contribution < -0.4 is 10.6 Å². The summed E-state index contributed by atoms with van der Waals surface area (Å²) in [6, 6.07) is 3.89. The lowest BCUT2D eigenvalue weighted by atomic mass is 10.3. The quantitative estimate of drug-likeness (QED) is 0.908. The van der Waals surface area contributed by atoms with E-state index in [0.29, 0.717) is 11.7 Å². The zero-order chi connectivity index (χ0) is 15.5. The second kappa shape index (κ2) is 6.17.